The minimum absolute atomic E-state index is 0.300. The van der Waals surface area contributed by atoms with Gasteiger partial charge in [0.25, 0.3) is 0 Å². The Morgan fingerprint density at radius 2 is 1.70 bits per heavy atom. The summed E-state index contributed by atoms with van der Waals surface area (Å²) in [7, 11) is 0. The highest BCUT2D eigenvalue weighted by molar-refractivity contribution is 9.11. The van der Waals surface area contributed by atoms with Crippen molar-refractivity contribution in [3.05, 3.63) is 70.3 Å². The number of allylic oxidation sites excluding steroid dienone is 6. The molecule has 1 aromatic rings. The van der Waals surface area contributed by atoms with Crippen molar-refractivity contribution >= 4 is 49.5 Å². The standard InChI is InChI=1S/C15H11BrCl2N2/c16-13-8-4-7-12(9-10-13)15(18)20-19-14(17)11-5-2-1-3-6-11/h1-7,9-10H,8H2/b19-14-,20-15-. The summed E-state index contributed by atoms with van der Waals surface area (Å²) in [5.74, 6) is 0. The Morgan fingerprint density at radius 1 is 1.00 bits per heavy atom. The van der Waals surface area contributed by atoms with E-state index in [1.165, 1.54) is 0 Å². The van der Waals surface area contributed by atoms with Gasteiger partial charge in [-0.15, -0.1) is 10.2 Å². The van der Waals surface area contributed by atoms with E-state index in [4.69, 9.17) is 23.2 Å². The summed E-state index contributed by atoms with van der Waals surface area (Å²) in [6.07, 6.45) is 8.56. The SMILES string of the molecule is Cl/C(=N\N=C(/Cl)c1ccccc1)C1=CC=C(Br)CC=C1. The van der Waals surface area contributed by atoms with Gasteiger partial charge in [-0.2, -0.15) is 0 Å². The lowest BCUT2D eigenvalue weighted by atomic mass is 10.2. The third-order valence-corrected chi connectivity index (χ3v) is 3.71. The summed E-state index contributed by atoms with van der Waals surface area (Å²) in [4.78, 5) is 0. The third-order valence-electron chi connectivity index (χ3n) is 2.53. The monoisotopic (exact) mass is 368 g/mol. The minimum atomic E-state index is 0.300. The van der Waals surface area contributed by atoms with Gasteiger partial charge in [0.15, 0.2) is 10.3 Å². The van der Waals surface area contributed by atoms with Gasteiger partial charge in [0.05, 0.1) is 0 Å². The largest absolute Gasteiger partial charge is 0.158 e. The Hall–Kier alpha value is -1.16. The molecular formula is C15H11BrCl2N2. The molecular weight excluding hydrogens is 359 g/mol. The van der Waals surface area contributed by atoms with Crippen molar-refractivity contribution in [1.82, 2.24) is 0 Å². The topological polar surface area (TPSA) is 24.7 Å². The lowest BCUT2D eigenvalue weighted by molar-refractivity contribution is 1.25. The fourth-order valence-corrected chi connectivity index (χ4v) is 2.17. The van der Waals surface area contributed by atoms with Crippen molar-refractivity contribution in [2.75, 3.05) is 0 Å². The molecule has 1 aliphatic carbocycles. The maximum atomic E-state index is 6.13. The van der Waals surface area contributed by atoms with E-state index in [-0.39, 0.29) is 0 Å². The maximum Gasteiger partial charge on any atom is 0.158 e. The van der Waals surface area contributed by atoms with Crippen LogP contribution in [-0.2, 0) is 0 Å². The number of benzene rings is 1. The smallest absolute Gasteiger partial charge is 0.136 e. The van der Waals surface area contributed by atoms with Crippen LogP contribution in [0.3, 0.4) is 0 Å². The molecule has 102 valence electrons. The van der Waals surface area contributed by atoms with E-state index in [1.807, 2.05) is 54.6 Å². The predicted octanol–water partition coefficient (Wildman–Crippen LogP) is 5.39. The van der Waals surface area contributed by atoms with E-state index in [9.17, 15) is 0 Å². The van der Waals surface area contributed by atoms with Crippen LogP contribution in [0.2, 0.25) is 0 Å². The molecule has 0 radical (unpaired) electrons. The summed E-state index contributed by atoms with van der Waals surface area (Å²) in [5, 5.41) is 8.52. The lowest BCUT2D eigenvalue weighted by Crippen LogP contribution is -1.93. The Bertz CT molecular complexity index is 629. The first kappa shape index (κ1) is 15.2. The molecule has 1 aromatic carbocycles. The number of halogens is 3. The molecule has 0 amide bonds. The molecule has 2 rings (SSSR count). The fraction of sp³-hybridized carbons (Fsp3) is 0.0667. The van der Waals surface area contributed by atoms with Crippen molar-refractivity contribution in [2.45, 2.75) is 6.42 Å². The number of nitrogens with zero attached hydrogens (tertiary/aromatic N) is 2. The Labute approximate surface area is 136 Å². The molecule has 5 heteroatoms. The molecule has 0 aliphatic heterocycles. The second-order valence-corrected chi connectivity index (χ2v) is 5.72. The number of rotatable bonds is 3. The van der Waals surface area contributed by atoms with Crippen LogP contribution in [0.15, 0.2) is 74.9 Å². The zero-order valence-corrected chi connectivity index (χ0v) is 13.5. The van der Waals surface area contributed by atoms with Crippen LogP contribution in [-0.4, -0.2) is 10.3 Å². The van der Waals surface area contributed by atoms with Crippen LogP contribution in [0, 0.1) is 0 Å². The van der Waals surface area contributed by atoms with E-state index < -0.39 is 0 Å². The summed E-state index contributed by atoms with van der Waals surface area (Å²) in [6.45, 7) is 0. The molecule has 0 unspecified atom stereocenters. The van der Waals surface area contributed by atoms with E-state index >= 15 is 0 Å². The summed E-state index contributed by atoms with van der Waals surface area (Å²) in [5.41, 5.74) is 1.60. The van der Waals surface area contributed by atoms with Gasteiger partial charge in [-0.1, -0.05) is 93.8 Å². The van der Waals surface area contributed by atoms with Crippen LogP contribution >= 0.6 is 39.1 Å². The molecule has 2 nitrogen and oxygen atoms in total. The summed E-state index contributed by atoms with van der Waals surface area (Å²) < 4.78 is 1.08. The van der Waals surface area contributed by atoms with Crippen molar-refractivity contribution in [3.63, 3.8) is 0 Å². The van der Waals surface area contributed by atoms with Gasteiger partial charge in [-0.25, -0.2) is 0 Å². The maximum absolute atomic E-state index is 6.13. The Morgan fingerprint density at radius 3 is 2.45 bits per heavy atom. The summed E-state index contributed by atoms with van der Waals surface area (Å²) in [6, 6.07) is 9.41. The molecule has 0 spiro atoms. The van der Waals surface area contributed by atoms with Crippen LogP contribution in [0.5, 0.6) is 0 Å². The number of hydrogen-bond donors (Lipinski definition) is 0. The van der Waals surface area contributed by atoms with Gasteiger partial charge in [-0.05, 0) is 10.9 Å². The van der Waals surface area contributed by atoms with E-state index in [0.717, 1.165) is 22.0 Å². The molecule has 0 aromatic heterocycles. The van der Waals surface area contributed by atoms with Gasteiger partial charge >= 0.3 is 0 Å². The second kappa shape index (κ2) is 7.58. The quantitative estimate of drug-likeness (QED) is 0.504. The van der Waals surface area contributed by atoms with Crippen molar-refractivity contribution < 1.29 is 0 Å². The number of hydrogen-bond acceptors (Lipinski definition) is 2. The van der Waals surface area contributed by atoms with Gasteiger partial charge < -0.3 is 0 Å². The Kier molecular flexibility index (Phi) is 5.77. The summed E-state index contributed by atoms with van der Waals surface area (Å²) >= 11 is 15.6. The van der Waals surface area contributed by atoms with Gasteiger partial charge in [0.2, 0.25) is 0 Å². The van der Waals surface area contributed by atoms with Gasteiger partial charge in [0.1, 0.15) is 0 Å². The predicted molar refractivity (Wildman–Crippen MR) is 91.0 cm³/mol. The van der Waals surface area contributed by atoms with Crippen molar-refractivity contribution in [2.24, 2.45) is 10.2 Å². The minimum Gasteiger partial charge on any atom is -0.136 e. The van der Waals surface area contributed by atoms with E-state index in [0.29, 0.717) is 10.3 Å². The molecule has 0 saturated carbocycles. The molecule has 0 N–H and O–H groups in total. The van der Waals surface area contributed by atoms with Crippen molar-refractivity contribution in [1.29, 1.82) is 0 Å². The van der Waals surface area contributed by atoms with Crippen LogP contribution < -0.4 is 0 Å². The molecule has 0 saturated heterocycles. The van der Waals surface area contributed by atoms with Crippen LogP contribution in [0.25, 0.3) is 0 Å². The molecule has 0 atom stereocenters. The fourth-order valence-electron chi connectivity index (χ4n) is 1.52. The second-order valence-electron chi connectivity index (χ2n) is 3.99. The molecule has 0 bridgehead atoms. The van der Waals surface area contributed by atoms with Gasteiger partial charge in [-0.3, -0.25) is 0 Å². The highest BCUT2D eigenvalue weighted by atomic mass is 79.9. The van der Waals surface area contributed by atoms with Crippen LogP contribution in [0.4, 0.5) is 0 Å². The first-order valence-electron chi connectivity index (χ1n) is 5.92. The molecule has 20 heavy (non-hydrogen) atoms. The van der Waals surface area contributed by atoms with Gasteiger partial charge in [0, 0.05) is 11.1 Å². The molecule has 1 aliphatic rings. The van der Waals surface area contributed by atoms with Crippen molar-refractivity contribution in [3.8, 4) is 0 Å². The highest BCUT2D eigenvalue weighted by Crippen LogP contribution is 2.18. The first-order chi connectivity index (χ1) is 9.66. The Balaban J connectivity index is 2.19. The molecule has 0 fully saturated rings. The van der Waals surface area contributed by atoms with E-state index in [2.05, 4.69) is 26.1 Å². The third kappa shape index (κ3) is 4.44. The normalized spacial score (nSPS) is 16.6. The highest BCUT2D eigenvalue weighted by Gasteiger charge is 2.03. The first-order valence-corrected chi connectivity index (χ1v) is 7.47. The molecule has 0 heterocycles. The average molecular weight is 370 g/mol. The zero-order chi connectivity index (χ0) is 14.4. The lowest BCUT2D eigenvalue weighted by Gasteiger charge is -1.97. The van der Waals surface area contributed by atoms with E-state index in [1.54, 1.807) is 0 Å². The van der Waals surface area contributed by atoms with Crippen LogP contribution in [0.1, 0.15) is 12.0 Å². The average Bonchev–Trinajstić information content (AvgIpc) is 2.70. The zero-order valence-electron chi connectivity index (χ0n) is 10.4.